The van der Waals surface area contributed by atoms with Gasteiger partial charge in [0.05, 0.1) is 5.69 Å². The average Bonchev–Trinajstić information content (AvgIpc) is 2.51. The molecule has 2 aromatic rings. The number of benzene rings is 1. The largest absolute Gasteiger partial charge is 0.479 e. The Labute approximate surface area is 128 Å². The van der Waals surface area contributed by atoms with Gasteiger partial charge in [-0.15, -0.1) is 0 Å². The Morgan fingerprint density at radius 2 is 2.14 bits per heavy atom. The summed E-state index contributed by atoms with van der Waals surface area (Å²) in [7, 11) is 0. The summed E-state index contributed by atoms with van der Waals surface area (Å²) in [6.45, 7) is 1.87. The van der Waals surface area contributed by atoms with E-state index in [1.807, 2.05) is 13.0 Å². The molecule has 0 aliphatic rings. The zero-order valence-corrected chi connectivity index (χ0v) is 12.2. The van der Waals surface area contributed by atoms with E-state index in [9.17, 15) is 14.7 Å². The molecule has 1 heterocycles. The van der Waals surface area contributed by atoms with Crippen molar-refractivity contribution in [3.05, 3.63) is 59.7 Å². The van der Waals surface area contributed by atoms with E-state index in [-0.39, 0.29) is 12.3 Å². The van der Waals surface area contributed by atoms with Crippen LogP contribution in [0.3, 0.4) is 0 Å². The smallest absolute Gasteiger partial charge is 0.330 e. The first-order chi connectivity index (χ1) is 10.6. The molecule has 0 spiro atoms. The van der Waals surface area contributed by atoms with Gasteiger partial charge in [0, 0.05) is 25.0 Å². The van der Waals surface area contributed by atoms with Crippen molar-refractivity contribution in [2.45, 2.75) is 25.8 Å². The van der Waals surface area contributed by atoms with Crippen LogP contribution in [0.4, 0.5) is 0 Å². The first kappa shape index (κ1) is 15.6. The monoisotopic (exact) mass is 299 g/mol. The van der Waals surface area contributed by atoms with Crippen LogP contribution in [-0.4, -0.2) is 27.0 Å². The molecule has 6 nitrogen and oxygen atoms in total. The summed E-state index contributed by atoms with van der Waals surface area (Å²) in [5.41, 5.74) is 2.19. The van der Waals surface area contributed by atoms with Gasteiger partial charge in [0.1, 0.15) is 0 Å². The van der Waals surface area contributed by atoms with Gasteiger partial charge in [-0.05, 0) is 18.9 Å². The Hall–Kier alpha value is -2.76. The molecule has 1 aromatic heterocycles. The maximum Gasteiger partial charge on any atom is 0.330 e. The maximum absolute atomic E-state index is 12.0. The van der Waals surface area contributed by atoms with E-state index in [0.29, 0.717) is 17.7 Å². The first-order valence-electron chi connectivity index (χ1n) is 6.90. The molecule has 6 heteroatoms. The Morgan fingerprint density at radius 3 is 2.77 bits per heavy atom. The second kappa shape index (κ2) is 7.31. The summed E-state index contributed by atoms with van der Waals surface area (Å²) < 4.78 is 0. The van der Waals surface area contributed by atoms with Crippen molar-refractivity contribution in [2.75, 3.05) is 0 Å². The van der Waals surface area contributed by atoms with Crippen LogP contribution in [-0.2, 0) is 16.0 Å². The molecule has 0 saturated heterocycles. The Morgan fingerprint density at radius 1 is 1.32 bits per heavy atom. The van der Waals surface area contributed by atoms with Crippen LogP contribution in [0.25, 0.3) is 0 Å². The van der Waals surface area contributed by atoms with Gasteiger partial charge in [0.2, 0.25) is 5.91 Å². The van der Waals surface area contributed by atoms with Gasteiger partial charge < -0.3 is 10.4 Å². The quantitative estimate of drug-likeness (QED) is 0.846. The number of carbonyl (C=O) groups excluding carboxylic acids is 1. The molecule has 1 amide bonds. The summed E-state index contributed by atoms with van der Waals surface area (Å²) in [6, 6.07) is 6.04. The molecule has 2 rings (SSSR count). The topological polar surface area (TPSA) is 92.2 Å². The van der Waals surface area contributed by atoms with Crippen molar-refractivity contribution in [3.63, 3.8) is 0 Å². The molecule has 1 unspecified atom stereocenters. The third-order valence-electron chi connectivity index (χ3n) is 3.15. The maximum atomic E-state index is 12.0. The number of nitrogens with one attached hydrogen (secondary N) is 1. The van der Waals surface area contributed by atoms with E-state index in [2.05, 4.69) is 15.3 Å². The Balaban J connectivity index is 1.99. The van der Waals surface area contributed by atoms with Gasteiger partial charge in [-0.1, -0.05) is 29.8 Å². The Bertz CT molecular complexity index is 659. The minimum absolute atomic E-state index is 0.161. The zero-order chi connectivity index (χ0) is 15.9. The molecule has 1 atom stereocenters. The van der Waals surface area contributed by atoms with E-state index >= 15 is 0 Å². The first-order valence-corrected chi connectivity index (χ1v) is 6.90. The van der Waals surface area contributed by atoms with Crippen molar-refractivity contribution in [2.24, 2.45) is 0 Å². The molecule has 0 aliphatic heterocycles. The van der Waals surface area contributed by atoms with Crippen LogP contribution in [0.15, 0.2) is 42.9 Å². The van der Waals surface area contributed by atoms with Gasteiger partial charge in [-0.25, -0.2) is 4.79 Å². The predicted molar refractivity (Wildman–Crippen MR) is 80.1 cm³/mol. The molecule has 22 heavy (non-hydrogen) atoms. The number of aromatic nitrogens is 2. The van der Waals surface area contributed by atoms with E-state index in [1.165, 1.54) is 0 Å². The molecule has 2 N–H and O–H groups in total. The second-order valence-electron chi connectivity index (χ2n) is 4.95. The number of carboxylic acid groups (broad SMARTS) is 1. The number of carbonyl (C=O) groups is 2. The van der Waals surface area contributed by atoms with Crippen LogP contribution < -0.4 is 5.32 Å². The van der Waals surface area contributed by atoms with Crippen molar-refractivity contribution >= 4 is 11.9 Å². The normalized spacial score (nSPS) is 11.7. The lowest BCUT2D eigenvalue weighted by Gasteiger charge is -2.15. The highest BCUT2D eigenvalue weighted by atomic mass is 16.4. The second-order valence-corrected chi connectivity index (χ2v) is 4.95. The van der Waals surface area contributed by atoms with Gasteiger partial charge in [-0.3, -0.25) is 14.8 Å². The lowest BCUT2D eigenvalue weighted by Crippen LogP contribution is -2.33. The van der Waals surface area contributed by atoms with Crippen molar-refractivity contribution in [1.29, 1.82) is 0 Å². The number of aryl methyl sites for hydroxylation is 2. The van der Waals surface area contributed by atoms with E-state index < -0.39 is 12.0 Å². The van der Waals surface area contributed by atoms with Gasteiger partial charge >= 0.3 is 5.97 Å². The fourth-order valence-corrected chi connectivity index (χ4v) is 2.07. The number of amides is 1. The highest BCUT2D eigenvalue weighted by Crippen LogP contribution is 2.15. The van der Waals surface area contributed by atoms with E-state index in [4.69, 9.17) is 0 Å². The average molecular weight is 299 g/mol. The molecule has 0 bridgehead atoms. The van der Waals surface area contributed by atoms with Gasteiger partial charge in [-0.2, -0.15) is 0 Å². The summed E-state index contributed by atoms with van der Waals surface area (Å²) >= 11 is 0. The van der Waals surface area contributed by atoms with Crippen molar-refractivity contribution < 1.29 is 14.7 Å². The molecule has 0 fully saturated rings. The predicted octanol–water partition coefficient (Wildman–Crippen LogP) is 1.66. The highest BCUT2D eigenvalue weighted by molar-refractivity contribution is 5.84. The highest BCUT2D eigenvalue weighted by Gasteiger charge is 2.21. The Kier molecular flexibility index (Phi) is 5.19. The minimum Gasteiger partial charge on any atom is -0.479 e. The van der Waals surface area contributed by atoms with Crippen molar-refractivity contribution in [3.8, 4) is 0 Å². The molecular weight excluding hydrogens is 282 g/mol. The SMILES string of the molecule is Cc1cccc(C(NC(=O)CCc2cnccn2)C(=O)O)c1. The number of carboxylic acids is 1. The minimum atomic E-state index is -1.08. The third kappa shape index (κ3) is 4.37. The molecule has 1 aromatic carbocycles. The summed E-state index contributed by atoms with van der Waals surface area (Å²) in [5, 5.41) is 11.9. The number of nitrogens with zero attached hydrogens (tertiary/aromatic N) is 2. The van der Waals surface area contributed by atoms with Gasteiger partial charge in [0.15, 0.2) is 6.04 Å². The summed E-state index contributed by atoms with van der Waals surface area (Å²) in [6.07, 6.45) is 5.28. The number of rotatable bonds is 6. The lowest BCUT2D eigenvalue weighted by atomic mass is 10.0. The van der Waals surface area contributed by atoms with Crippen LogP contribution in [0, 0.1) is 6.92 Å². The fourth-order valence-electron chi connectivity index (χ4n) is 2.07. The van der Waals surface area contributed by atoms with Crippen molar-refractivity contribution in [1.82, 2.24) is 15.3 Å². The number of hydrogen-bond donors (Lipinski definition) is 2. The number of hydrogen-bond acceptors (Lipinski definition) is 4. The van der Waals surface area contributed by atoms with Crippen LogP contribution in [0.1, 0.15) is 29.3 Å². The third-order valence-corrected chi connectivity index (χ3v) is 3.15. The molecule has 0 saturated carbocycles. The standard InChI is InChI=1S/C16H17N3O3/c1-11-3-2-4-12(9-11)15(16(21)22)19-14(20)6-5-13-10-17-7-8-18-13/h2-4,7-10,15H,5-6H2,1H3,(H,19,20)(H,21,22). The summed E-state index contributed by atoms with van der Waals surface area (Å²) in [5.74, 6) is -1.42. The lowest BCUT2D eigenvalue weighted by molar-refractivity contribution is -0.142. The molecule has 114 valence electrons. The zero-order valence-electron chi connectivity index (χ0n) is 12.2. The van der Waals surface area contributed by atoms with E-state index in [1.54, 1.807) is 36.8 Å². The van der Waals surface area contributed by atoms with Crippen LogP contribution in [0.5, 0.6) is 0 Å². The van der Waals surface area contributed by atoms with E-state index in [0.717, 1.165) is 5.56 Å². The molecule has 0 radical (unpaired) electrons. The van der Waals surface area contributed by atoms with Crippen LogP contribution in [0.2, 0.25) is 0 Å². The molecular formula is C16H17N3O3. The fraction of sp³-hybridized carbons (Fsp3) is 0.250. The van der Waals surface area contributed by atoms with Crippen LogP contribution >= 0.6 is 0 Å². The van der Waals surface area contributed by atoms with Gasteiger partial charge in [0.25, 0.3) is 0 Å². The number of aliphatic carboxylic acids is 1. The summed E-state index contributed by atoms with van der Waals surface area (Å²) in [4.78, 5) is 31.3. The molecule has 0 aliphatic carbocycles.